The van der Waals surface area contributed by atoms with Crippen molar-refractivity contribution in [1.29, 1.82) is 0 Å². The van der Waals surface area contributed by atoms with Gasteiger partial charge >= 0.3 is 0 Å². The van der Waals surface area contributed by atoms with Crippen LogP contribution in [0.1, 0.15) is 64.7 Å². The van der Waals surface area contributed by atoms with Gasteiger partial charge in [0.05, 0.1) is 12.2 Å². The zero-order chi connectivity index (χ0) is 13.9. The van der Waals surface area contributed by atoms with Gasteiger partial charge in [-0.15, -0.1) is 0 Å². The smallest absolute Gasteiger partial charge is 0.0596 e. The number of rotatable bonds is 0. The van der Waals surface area contributed by atoms with E-state index in [1.807, 2.05) is 0 Å². The molecule has 0 aromatic heterocycles. The van der Waals surface area contributed by atoms with Crippen LogP contribution in [0.15, 0.2) is 0 Å². The van der Waals surface area contributed by atoms with E-state index in [0.29, 0.717) is 0 Å². The molecule has 0 aliphatic heterocycles. The van der Waals surface area contributed by atoms with E-state index in [9.17, 15) is 10.2 Å². The molecule has 4 rings (SSSR count). The maximum Gasteiger partial charge on any atom is 0.0596 e. The highest BCUT2D eigenvalue weighted by Gasteiger charge is 2.56. The molecular weight excluding hydrogens is 248 g/mol. The zero-order valence-corrected chi connectivity index (χ0v) is 12.8. The monoisotopic (exact) mass is 278 g/mol. The molecule has 4 fully saturated rings. The van der Waals surface area contributed by atoms with Crippen LogP contribution in [0.5, 0.6) is 0 Å². The fourth-order valence-corrected chi connectivity index (χ4v) is 6.80. The Morgan fingerprint density at radius 2 is 1.60 bits per heavy atom. The lowest BCUT2D eigenvalue weighted by Crippen LogP contribution is -2.49. The van der Waals surface area contributed by atoms with Crippen LogP contribution in [0.25, 0.3) is 0 Å². The lowest BCUT2D eigenvalue weighted by atomic mass is 9.50. The second-order valence-electron chi connectivity index (χ2n) is 8.54. The van der Waals surface area contributed by atoms with E-state index in [4.69, 9.17) is 0 Å². The standard InChI is InChI=1S/C18H30O2/c1-18-9-8-14-13-5-3-12(19)10-11(13)2-4-15(14)16(18)6-7-17(18)20/h11-17,19-20H,2-10H2,1H3/t11-,12+,13+,14-,15-,16+,17-,18+/m1/s1. The molecule has 2 N–H and O–H groups in total. The Morgan fingerprint density at radius 1 is 0.800 bits per heavy atom. The first-order chi connectivity index (χ1) is 9.59. The van der Waals surface area contributed by atoms with E-state index in [1.54, 1.807) is 0 Å². The first kappa shape index (κ1) is 13.6. The van der Waals surface area contributed by atoms with Crippen molar-refractivity contribution >= 4 is 0 Å². The summed E-state index contributed by atoms with van der Waals surface area (Å²) in [5.41, 5.74) is 0.224. The van der Waals surface area contributed by atoms with E-state index in [0.717, 1.165) is 48.9 Å². The minimum atomic E-state index is -0.0423. The zero-order valence-electron chi connectivity index (χ0n) is 12.8. The minimum Gasteiger partial charge on any atom is -0.393 e. The molecule has 2 nitrogen and oxygen atoms in total. The van der Waals surface area contributed by atoms with Crippen molar-refractivity contribution in [2.75, 3.05) is 0 Å². The molecule has 0 bridgehead atoms. The number of hydrogen-bond donors (Lipinski definition) is 2. The Kier molecular flexibility index (Phi) is 3.20. The number of hydrogen-bond acceptors (Lipinski definition) is 2. The van der Waals surface area contributed by atoms with Crippen molar-refractivity contribution in [3.63, 3.8) is 0 Å². The van der Waals surface area contributed by atoms with Crippen LogP contribution in [0.4, 0.5) is 0 Å². The molecule has 0 aromatic carbocycles. The summed E-state index contributed by atoms with van der Waals surface area (Å²) in [4.78, 5) is 0. The molecule has 0 spiro atoms. The lowest BCUT2D eigenvalue weighted by molar-refractivity contribution is -0.0913. The van der Waals surface area contributed by atoms with Crippen LogP contribution < -0.4 is 0 Å². The van der Waals surface area contributed by atoms with Crippen LogP contribution in [-0.4, -0.2) is 22.4 Å². The van der Waals surface area contributed by atoms with Crippen molar-refractivity contribution in [2.45, 2.75) is 76.9 Å². The van der Waals surface area contributed by atoms with Gasteiger partial charge in [-0.2, -0.15) is 0 Å². The summed E-state index contributed by atoms with van der Waals surface area (Å²) in [5.74, 6) is 4.26. The number of aliphatic hydroxyl groups excluding tert-OH is 2. The maximum absolute atomic E-state index is 10.4. The van der Waals surface area contributed by atoms with Gasteiger partial charge in [-0.3, -0.25) is 0 Å². The Hall–Kier alpha value is -0.0800. The molecule has 0 aromatic rings. The maximum atomic E-state index is 10.4. The second-order valence-corrected chi connectivity index (χ2v) is 8.54. The molecule has 20 heavy (non-hydrogen) atoms. The van der Waals surface area contributed by atoms with Crippen LogP contribution in [0.3, 0.4) is 0 Å². The summed E-state index contributed by atoms with van der Waals surface area (Å²) in [6.45, 7) is 2.36. The highest BCUT2D eigenvalue weighted by molar-refractivity contribution is 5.06. The Balaban J connectivity index is 1.57. The van der Waals surface area contributed by atoms with Gasteiger partial charge in [-0.25, -0.2) is 0 Å². The van der Waals surface area contributed by atoms with Gasteiger partial charge in [-0.1, -0.05) is 6.92 Å². The predicted molar refractivity (Wildman–Crippen MR) is 79.1 cm³/mol. The third-order valence-corrected chi connectivity index (χ3v) is 7.88. The molecule has 0 radical (unpaired) electrons. The van der Waals surface area contributed by atoms with Crippen LogP contribution in [-0.2, 0) is 0 Å². The van der Waals surface area contributed by atoms with Gasteiger partial charge in [0.2, 0.25) is 0 Å². The normalized spacial score (nSPS) is 58.6. The third kappa shape index (κ3) is 1.83. The average molecular weight is 278 g/mol. The highest BCUT2D eigenvalue weighted by atomic mass is 16.3. The van der Waals surface area contributed by atoms with E-state index >= 15 is 0 Å². The topological polar surface area (TPSA) is 40.5 Å². The average Bonchev–Trinajstić information content (AvgIpc) is 2.74. The molecule has 0 saturated heterocycles. The summed E-state index contributed by atoms with van der Waals surface area (Å²) >= 11 is 0. The predicted octanol–water partition coefficient (Wildman–Crippen LogP) is 3.36. The quantitative estimate of drug-likeness (QED) is 0.713. The van der Waals surface area contributed by atoms with Crippen LogP contribution in [0, 0.1) is 35.0 Å². The molecule has 8 atom stereocenters. The van der Waals surface area contributed by atoms with Gasteiger partial charge in [-0.05, 0) is 92.8 Å². The molecule has 0 amide bonds. The van der Waals surface area contributed by atoms with E-state index in [1.165, 1.54) is 38.5 Å². The molecule has 0 unspecified atom stereocenters. The van der Waals surface area contributed by atoms with Crippen molar-refractivity contribution < 1.29 is 10.2 Å². The fraction of sp³-hybridized carbons (Fsp3) is 1.00. The first-order valence-corrected chi connectivity index (χ1v) is 8.95. The summed E-state index contributed by atoms with van der Waals surface area (Å²) < 4.78 is 0. The molecular formula is C18H30O2. The van der Waals surface area contributed by atoms with Crippen molar-refractivity contribution in [3.05, 3.63) is 0 Å². The van der Waals surface area contributed by atoms with Gasteiger partial charge in [0, 0.05) is 0 Å². The second kappa shape index (κ2) is 4.71. The Morgan fingerprint density at radius 3 is 2.45 bits per heavy atom. The minimum absolute atomic E-state index is 0.0186. The summed E-state index contributed by atoms with van der Waals surface area (Å²) in [7, 11) is 0. The van der Waals surface area contributed by atoms with E-state index in [-0.39, 0.29) is 17.6 Å². The molecule has 4 aliphatic rings. The molecule has 2 heteroatoms. The van der Waals surface area contributed by atoms with Gasteiger partial charge in [0.15, 0.2) is 0 Å². The highest BCUT2D eigenvalue weighted by Crippen LogP contribution is 2.62. The van der Waals surface area contributed by atoms with Crippen molar-refractivity contribution in [3.8, 4) is 0 Å². The van der Waals surface area contributed by atoms with Crippen LogP contribution in [0.2, 0.25) is 0 Å². The molecule has 0 heterocycles. The Bertz CT molecular complexity index is 382. The molecule has 114 valence electrons. The van der Waals surface area contributed by atoms with Gasteiger partial charge < -0.3 is 10.2 Å². The largest absolute Gasteiger partial charge is 0.393 e. The SMILES string of the molecule is C[C@]12CC[C@H]3[C@@H](CC[C@@H]4C[C@@H](O)CC[C@@H]43)[C@@H]1CC[C@H]2O. The summed E-state index contributed by atoms with van der Waals surface area (Å²) in [6, 6.07) is 0. The summed E-state index contributed by atoms with van der Waals surface area (Å²) in [6.07, 6.45) is 10.9. The van der Waals surface area contributed by atoms with Gasteiger partial charge in [0.1, 0.15) is 0 Å². The van der Waals surface area contributed by atoms with Crippen molar-refractivity contribution in [1.82, 2.24) is 0 Å². The number of fused-ring (bicyclic) bond motifs is 5. The van der Waals surface area contributed by atoms with Gasteiger partial charge in [0.25, 0.3) is 0 Å². The van der Waals surface area contributed by atoms with Crippen LogP contribution >= 0.6 is 0 Å². The lowest BCUT2D eigenvalue weighted by Gasteiger charge is -2.55. The van der Waals surface area contributed by atoms with E-state index < -0.39 is 0 Å². The number of aliphatic hydroxyl groups is 2. The molecule has 4 aliphatic carbocycles. The molecule has 4 saturated carbocycles. The van der Waals surface area contributed by atoms with Crippen molar-refractivity contribution in [2.24, 2.45) is 35.0 Å². The fourth-order valence-electron chi connectivity index (χ4n) is 6.80. The Labute approximate surface area is 123 Å². The first-order valence-electron chi connectivity index (χ1n) is 8.95. The third-order valence-electron chi connectivity index (χ3n) is 7.88. The summed E-state index contributed by atoms with van der Waals surface area (Å²) in [5, 5.41) is 20.3. The van der Waals surface area contributed by atoms with E-state index in [2.05, 4.69) is 6.92 Å².